The van der Waals surface area contributed by atoms with E-state index in [1.807, 2.05) is 0 Å². The lowest BCUT2D eigenvalue weighted by Crippen LogP contribution is -2.36. The van der Waals surface area contributed by atoms with Crippen molar-refractivity contribution in [2.75, 3.05) is 0 Å². The number of rotatable bonds is 0. The minimum Gasteiger partial charge on any atom is -0.391 e. The van der Waals surface area contributed by atoms with Crippen molar-refractivity contribution in [2.45, 2.75) is 43.9 Å². The van der Waals surface area contributed by atoms with Gasteiger partial charge < -0.3 is 10.4 Å². The molecule has 0 spiro atoms. The van der Waals surface area contributed by atoms with Crippen molar-refractivity contribution in [1.82, 2.24) is 5.32 Å². The lowest BCUT2D eigenvalue weighted by Gasteiger charge is -2.20. The van der Waals surface area contributed by atoms with Crippen LogP contribution in [0.4, 0.5) is 0 Å². The van der Waals surface area contributed by atoms with E-state index in [9.17, 15) is 5.11 Å². The Bertz CT molecular complexity index is 118. The molecule has 3 heteroatoms. The second-order valence-corrected chi connectivity index (χ2v) is 3.20. The molecule has 2 aliphatic heterocycles. The molecule has 2 aliphatic rings. The minimum atomic E-state index is -0.0440. The SMILES string of the molecule is Cl.O[C@@H]1C[C@@H]2CCC[C@@H]1N2. The van der Waals surface area contributed by atoms with Crippen LogP contribution in [0.3, 0.4) is 0 Å². The molecule has 0 aromatic carbocycles. The second-order valence-electron chi connectivity index (χ2n) is 3.20. The predicted molar refractivity (Wildman–Crippen MR) is 42.4 cm³/mol. The van der Waals surface area contributed by atoms with Crippen LogP contribution in [0.2, 0.25) is 0 Å². The summed E-state index contributed by atoms with van der Waals surface area (Å²) >= 11 is 0. The third-order valence-electron chi connectivity index (χ3n) is 2.51. The molecule has 0 unspecified atom stereocenters. The summed E-state index contributed by atoms with van der Waals surface area (Å²) in [6.45, 7) is 0. The summed E-state index contributed by atoms with van der Waals surface area (Å²) in [7, 11) is 0. The number of fused-ring (bicyclic) bond motifs is 2. The molecule has 2 heterocycles. The van der Waals surface area contributed by atoms with Crippen molar-refractivity contribution in [3.63, 3.8) is 0 Å². The first-order valence-electron chi connectivity index (χ1n) is 3.80. The lowest BCUT2D eigenvalue weighted by molar-refractivity contribution is 0.156. The average Bonchev–Trinajstić information content (AvgIpc) is 2.09. The molecular formula is C7H14ClNO. The highest BCUT2D eigenvalue weighted by atomic mass is 35.5. The van der Waals surface area contributed by atoms with Gasteiger partial charge in [-0.2, -0.15) is 0 Å². The van der Waals surface area contributed by atoms with Crippen molar-refractivity contribution in [2.24, 2.45) is 0 Å². The Morgan fingerprint density at radius 2 is 2.10 bits per heavy atom. The summed E-state index contributed by atoms with van der Waals surface area (Å²) in [6.07, 6.45) is 4.70. The molecule has 2 bridgehead atoms. The van der Waals surface area contributed by atoms with Crippen LogP contribution in [0, 0.1) is 0 Å². The van der Waals surface area contributed by atoms with Gasteiger partial charge >= 0.3 is 0 Å². The smallest absolute Gasteiger partial charge is 0.0708 e. The second kappa shape index (κ2) is 3.07. The highest BCUT2D eigenvalue weighted by Gasteiger charge is 2.34. The molecule has 2 saturated heterocycles. The van der Waals surface area contributed by atoms with E-state index in [0.717, 1.165) is 6.42 Å². The zero-order chi connectivity index (χ0) is 6.27. The largest absolute Gasteiger partial charge is 0.391 e. The minimum absolute atomic E-state index is 0. The van der Waals surface area contributed by atoms with Crippen LogP contribution in [0.5, 0.6) is 0 Å². The summed E-state index contributed by atoms with van der Waals surface area (Å²) in [4.78, 5) is 0. The molecule has 0 radical (unpaired) electrons. The van der Waals surface area contributed by atoms with Gasteiger partial charge in [0.05, 0.1) is 6.10 Å². The number of hydrogen-bond donors (Lipinski definition) is 2. The Balaban J connectivity index is 0.000000500. The van der Waals surface area contributed by atoms with Crippen molar-refractivity contribution in [1.29, 1.82) is 0 Å². The molecule has 0 aromatic heterocycles. The Morgan fingerprint density at radius 1 is 1.30 bits per heavy atom. The van der Waals surface area contributed by atoms with E-state index < -0.39 is 0 Å². The van der Waals surface area contributed by atoms with Crippen LogP contribution in [0.1, 0.15) is 25.7 Å². The number of aliphatic hydroxyl groups excluding tert-OH is 1. The van der Waals surface area contributed by atoms with Gasteiger partial charge in [0.15, 0.2) is 0 Å². The van der Waals surface area contributed by atoms with E-state index in [-0.39, 0.29) is 18.5 Å². The quantitative estimate of drug-likeness (QED) is 0.551. The van der Waals surface area contributed by atoms with Gasteiger partial charge in [-0.25, -0.2) is 0 Å². The molecule has 0 aliphatic carbocycles. The third-order valence-corrected chi connectivity index (χ3v) is 2.51. The van der Waals surface area contributed by atoms with Crippen LogP contribution in [0.15, 0.2) is 0 Å². The van der Waals surface area contributed by atoms with Gasteiger partial charge in [0, 0.05) is 12.1 Å². The topological polar surface area (TPSA) is 32.3 Å². The lowest BCUT2D eigenvalue weighted by atomic mass is 10.1. The number of piperidine rings is 1. The van der Waals surface area contributed by atoms with Crippen molar-refractivity contribution < 1.29 is 5.11 Å². The van der Waals surface area contributed by atoms with E-state index in [4.69, 9.17) is 0 Å². The fraction of sp³-hybridized carbons (Fsp3) is 1.00. The van der Waals surface area contributed by atoms with Gasteiger partial charge in [-0.1, -0.05) is 6.42 Å². The Kier molecular flexibility index (Phi) is 2.55. The van der Waals surface area contributed by atoms with Crippen LogP contribution in [-0.4, -0.2) is 23.3 Å². The van der Waals surface area contributed by atoms with Crippen LogP contribution in [-0.2, 0) is 0 Å². The van der Waals surface area contributed by atoms with E-state index in [2.05, 4.69) is 5.32 Å². The molecule has 3 atom stereocenters. The number of nitrogens with one attached hydrogen (secondary N) is 1. The van der Waals surface area contributed by atoms with E-state index >= 15 is 0 Å². The number of halogens is 1. The summed E-state index contributed by atoms with van der Waals surface area (Å²) in [5.74, 6) is 0. The molecule has 2 fully saturated rings. The number of hydrogen-bond acceptors (Lipinski definition) is 2. The summed E-state index contributed by atoms with van der Waals surface area (Å²) in [5, 5.41) is 12.7. The fourth-order valence-electron chi connectivity index (χ4n) is 2.00. The molecule has 10 heavy (non-hydrogen) atoms. The molecule has 0 amide bonds. The summed E-state index contributed by atoms with van der Waals surface area (Å²) in [5.41, 5.74) is 0. The fourth-order valence-corrected chi connectivity index (χ4v) is 2.00. The van der Waals surface area contributed by atoms with E-state index in [1.54, 1.807) is 0 Å². The molecule has 0 aromatic rings. The maximum absolute atomic E-state index is 9.34. The molecule has 2 N–H and O–H groups in total. The van der Waals surface area contributed by atoms with E-state index in [0.29, 0.717) is 12.1 Å². The first kappa shape index (κ1) is 8.31. The molecular weight excluding hydrogens is 150 g/mol. The highest BCUT2D eigenvalue weighted by molar-refractivity contribution is 5.85. The molecule has 2 rings (SSSR count). The van der Waals surface area contributed by atoms with Gasteiger partial charge in [-0.15, -0.1) is 12.4 Å². The zero-order valence-electron chi connectivity index (χ0n) is 5.92. The zero-order valence-corrected chi connectivity index (χ0v) is 6.73. The molecule has 2 nitrogen and oxygen atoms in total. The van der Waals surface area contributed by atoms with Crippen LogP contribution < -0.4 is 5.32 Å². The normalized spacial score (nSPS) is 44.7. The average molecular weight is 164 g/mol. The standard InChI is InChI=1S/C7H13NO.ClH/c9-7-4-5-2-1-3-6(7)8-5;/h5-9H,1-4H2;1H/t5-,6-,7+;/m0./s1. The monoisotopic (exact) mass is 163 g/mol. The van der Waals surface area contributed by atoms with Gasteiger partial charge in [-0.3, -0.25) is 0 Å². The third kappa shape index (κ3) is 1.29. The van der Waals surface area contributed by atoms with Gasteiger partial charge in [0.25, 0.3) is 0 Å². The van der Waals surface area contributed by atoms with Crippen molar-refractivity contribution >= 4 is 12.4 Å². The van der Waals surface area contributed by atoms with Crippen molar-refractivity contribution in [3.05, 3.63) is 0 Å². The Labute approximate surface area is 67.4 Å². The van der Waals surface area contributed by atoms with Gasteiger partial charge in [0.1, 0.15) is 0 Å². The Morgan fingerprint density at radius 3 is 2.70 bits per heavy atom. The predicted octanol–water partition coefficient (Wildman–Crippen LogP) is 0.683. The van der Waals surface area contributed by atoms with Gasteiger partial charge in [-0.05, 0) is 19.3 Å². The first-order chi connectivity index (χ1) is 4.36. The Hall–Kier alpha value is 0.210. The maximum atomic E-state index is 9.34. The molecule has 60 valence electrons. The van der Waals surface area contributed by atoms with Gasteiger partial charge in [0.2, 0.25) is 0 Å². The van der Waals surface area contributed by atoms with Crippen LogP contribution >= 0.6 is 12.4 Å². The van der Waals surface area contributed by atoms with E-state index in [1.165, 1.54) is 19.3 Å². The highest BCUT2D eigenvalue weighted by Crippen LogP contribution is 2.26. The molecule has 0 saturated carbocycles. The first-order valence-corrected chi connectivity index (χ1v) is 3.80. The summed E-state index contributed by atoms with van der Waals surface area (Å²) in [6, 6.07) is 1.07. The van der Waals surface area contributed by atoms with Crippen LogP contribution in [0.25, 0.3) is 0 Å². The maximum Gasteiger partial charge on any atom is 0.0708 e. The number of aliphatic hydroxyl groups is 1. The summed E-state index contributed by atoms with van der Waals surface area (Å²) < 4.78 is 0. The van der Waals surface area contributed by atoms with Crippen molar-refractivity contribution in [3.8, 4) is 0 Å².